The molecule has 0 aliphatic carbocycles. The van der Waals surface area contributed by atoms with Gasteiger partial charge >= 0.3 is 0 Å². The minimum Gasteiger partial charge on any atom is -0.371 e. The fourth-order valence-electron chi connectivity index (χ4n) is 2.15. The summed E-state index contributed by atoms with van der Waals surface area (Å²) in [4.78, 5) is 11.7. The van der Waals surface area contributed by atoms with Gasteiger partial charge < -0.3 is 15.4 Å². The van der Waals surface area contributed by atoms with Crippen LogP contribution in [-0.4, -0.2) is 32.2 Å². The number of hydrogen-bond acceptors (Lipinski definition) is 3. The summed E-state index contributed by atoms with van der Waals surface area (Å²) in [5, 5.41) is 6.14. The molecule has 2 rings (SSSR count). The van der Waals surface area contributed by atoms with Crippen molar-refractivity contribution >= 4 is 27.5 Å². The highest BCUT2D eigenvalue weighted by Gasteiger charge is 2.13. The van der Waals surface area contributed by atoms with E-state index in [0.717, 1.165) is 23.2 Å². The molecular formula is C14H19BrN2O2. The van der Waals surface area contributed by atoms with E-state index >= 15 is 0 Å². The number of benzene rings is 1. The number of rotatable bonds is 5. The van der Waals surface area contributed by atoms with Gasteiger partial charge in [0.1, 0.15) is 6.61 Å². The lowest BCUT2D eigenvalue weighted by Crippen LogP contribution is -2.33. The molecule has 4 nitrogen and oxygen atoms in total. The number of piperidine rings is 1. The quantitative estimate of drug-likeness (QED) is 0.873. The summed E-state index contributed by atoms with van der Waals surface area (Å²) in [7, 11) is 0. The van der Waals surface area contributed by atoms with E-state index in [4.69, 9.17) is 4.74 Å². The van der Waals surface area contributed by atoms with E-state index in [1.54, 1.807) is 0 Å². The topological polar surface area (TPSA) is 50.4 Å². The van der Waals surface area contributed by atoms with Gasteiger partial charge in [-0.1, -0.05) is 22.0 Å². The molecule has 0 saturated carbocycles. The average molecular weight is 327 g/mol. The van der Waals surface area contributed by atoms with Crippen LogP contribution in [0, 0.1) is 5.92 Å². The number of hydrogen-bond donors (Lipinski definition) is 2. The number of carbonyl (C=O) groups is 1. The van der Waals surface area contributed by atoms with Crippen LogP contribution >= 0.6 is 15.9 Å². The number of halogens is 1. The molecule has 0 spiro atoms. The highest BCUT2D eigenvalue weighted by Crippen LogP contribution is 2.15. The first-order valence-corrected chi connectivity index (χ1v) is 7.37. The number of ether oxygens (including phenoxy) is 1. The molecule has 1 aromatic carbocycles. The summed E-state index contributed by atoms with van der Waals surface area (Å²) in [6, 6.07) is 7.52. The maximum atomic E-state index is 11.7. The highest BCUT2D eigenvalue weighted by molar-refractivity contribution is 9.10. The summed E-state index contributed by atoms with van der Waals surface area (Å²) in [6.45, 7) is 2.86. The van der Waals surface area contributed by atoms with E-state index in [1.165, 1.54) is 12.8 Å². The minimum atomic E-state index is -0.109. The van der Waals surface area contributed by atoms with Crippen molar-refractivity contribution in [2.45, 2.75) is 12.8 Å². The number of nitrogens with one attached hydrogen (secondary N) is 2. The van der Waals surface area contributed by atoms with Gasteiger partial charge in [0.15, 0.2) is 0 Å². The van der Waals surface area contributed by atoms with E-state index in [1.807, 2.05) is 24.3 Å². The molecule has 104 valence electrons. The van der Waals surface area contributed by atoms with Crippen LogP contribution in [0.4, 0.5) is 5.69 Å². The first kappa shape index (κ1) is 14.5. The fourth-order valence-corrected chi connectivity index (χ4v) is 2.55. The van der Waals surface area contributed by atoms with E-state index in [-0.39, 0.29) is 12.5 Å². The molecule has 0 radical (unpaired) electrons. The van der Waals surface area contributed by atoms with Crippen molar-refractivity contribution in [2.24, 2.45) is 5.92 Å². The Labute approximate surface area is 122 Å². The SMILES string of the molecule is O=C(COCC1CCCNC1)Nc1cccc(Br)c1. The van der Waals surface area contributed by atoms with Gasteiger partial charge in [-0.05, 0) is 43.5 Å². The second-order valence-electron chi connectivity index (χ2n) is 4.79. The minimum absolute atomic E-state index is 0.109. The Kier molecular flexibility index (Phi) is 5.82. The molecule has 1 aliphatic rings. The van der Waals surface area contributed by atoms with Gasteiger partial charge in [-0.15, -0.1) is 0 Å². The van der Waals surface area contributed by atoms with Crippen LogP contribution in [0.15, 0.2) is 28.7 Å². The van der Waals surface area contributed by atoms with Gasteiger partial charge in [-0.25, -0.2) is 0 Å². The smallest absolute Gasteiger partial charge is 0.250 e. The van der Waals surface area contributed by atoms with E-state index in [2.05, 4.69) is 26.6 Å². The van der Waals surface area contributed by atoms with Crippen molar-refractivity contribution in [2.75, 3.05) is 31.6 Å². The van der Waals surface area contributed by atoms with Crippen LogP contribution in [0.3, 0.4) is 0 Å². The van der Waals surface area contributed by atoms with Gasteiger partial charge in [-0.2, -0.15) is 0 Å². The Hall–Kier alpha value is -0.910. The Balaban J connectivity index is 1.67. The highest BCUT2D eigenvalue weighted by atomic mass is 79.9. The van der Waals surface area contributed by atoms with Gasteiger partial charge in [0.2, 0.25) is 5.91 Å². The zero-order valence-electron chi connectivity index (χ0n) is 10.8. The lowest BCUT2D eigenvalue weighted by atomic mass is 10.0. The molecule has 1 aliphatic heterocycles. The summed E-state index contributed by atoms with van der Waals surface area (Å²) >= 11 is 3.37. The summed E-state index contributed by atoms with van der Waals surface area (Å²) < 4.78 is 6.42. The fraction of sp³-hybridized carbons (Fsp3) is 0.500. The summed E-state index contributed by atoms with van der Waals surface area (Å²) in [5.41, 5.74) is 0.780. The van der Waals surface area contributed by atoms with Crippen LogP contribution in [0.2, 0.25) is 0 Å². The van der Waals surface area contributed by atoms with Gasteiger partial charge in [-0.3, -0.25) is 4.79 Å². The van der Waals surface area contributed by atoms with Crippen molar-refractivity contribution in [3.05, 3.63) is 28.7 Å². The first-order chi connectivity index (χ1) is 9.24. The van der Waals surface area contributed by atoms with Crippen molar-refractivity contribution in [1.82, 2.24) is 5.32 Å². The van der Waals surface area contributed by atoms with E-state index in [9.17, 15) is 4.79 Å². The molecule has 1 aromatic rings. The summed E-state index contributed by atoms with van der Waals surface area (Å²) in [5.74, 6) is 0.425. The third-order valence-corrected chi connectivity index (χ3v) is 3.59. The first-order valence-electron chi connectivity index (χ1n) is 6.58. The second kappa shape index (κ2) is 7.62. The van der Waals surface area contributed by atoms with E-state index < -0.39 is 0 Å². The van der Waals surface area contributed by atoms with E-state index in [0.29, 0.717) is 12.5 Å². The molecule has 2 N–H and O–H groups in total. The third-order valence-electron chi connectivity index (χ3n) is 3.09. The molecule has 1 saturated heterocycles. The van der Waals surface area contributed by atoms with Crippen molar-refractivity contribution in [1.29, 1.82) is 0 Å². The molecule has 5 heteroatoms. The molecule has 0 bridgehead atoms. The summed E-state index contributed by atoms with van der Waals surface area (Å²) in [6.07, 6.45) is 2.37. The molecule has 1 atom stereocenters. The zero-order valence-corrected chi connectivity index (χ0v) is 12.4. The number of anilines is 1. The third kappa shape index (κ3) is 5.30. The molecule has 19 heavy (non-hydrogen) atoms. The maximum absolute atomic E-state index is 11.7. The lowest BCUT2D eigenvalue weighted by Gasteiger charge is -2.22. The largest absolute Gasteiger partial charge is 0.371 e. The zero-order chi connectivity index (χ0) is 13.5. The Morgan fingerprint density at radius 2 is 2.42 bits per heavy atom. The Morgan fingerprint density at radius 3 is 3.16 bits per heavy atom. The number of amides is 1. The molecule has 1 heterocycles. The monoisotopic (exact) mass is 326 g/mol. The van der Waals surface area contributed by atoms with Crippen LogP contribution in [-0.2, 0) is 9.53 Å². The standard InChI is InChI=1S/C14H19BrN2O2/c15-12-4-1-5-13(7-12)17-14(18)10-19-9-11-3-2-6-16-8-11/h1,4-5,7,11,16H,2-3,6,8-10H2,(H,17,18). The van der Waals surface area contributed by atoms with Crippen molar-refractivity contribution in [3.63, 3.8) is 0 Å². The number of carbonyl (C=O) groups excluding carboxylic acids is 1. The van der Waals surface area contributed by atoms with Gasteiger partial charge in [0.05, 0.1) is 6.61 Å². The van der Waals surface area contributed by atoms with Crippen molar-refractivity contribution in [3.8, 4) is 0 Å². The van der Waals surface area contributed by atoms with Crippen LogP contribution in [0.25, 0.3) is 0 Å². The predicted octanol–water partition coefficient (Wildman–Crippen LogP) is 2.40. The Morgan fingerprint density at radius 1 is 1.53 bits per heavy atom. The normalized spacial score (nSPS) is 19.1. The molecule has 1 unspecified atom stereocenters. The molecule has 1 fully saturated rings. The average Bonchev–Trinajstić information content (AvgIpc) is 2.40. The second-order valence-corrected chi connectivity index (χ2v) is 5.70. The lowest BCUT2D eigenvalue weighted by molar-refractivity contribution is -0.121. The molecule has 1 amide bonds. The van der Waals surface area contributed by atoms with Crippen LogP contribution < -0.4 is 10.6 Å². The predicted molar refractivity (Wildman–Crippen MR) is 79.2 cm³/mol. The van der Waals surface area contributed by atoms with Gasteiger partial charge in [0, 0.05) is 16.7 Å². The Bertz CT molecular complexity index is 420. The van der Waals surface area contributed by atoms with Crippen LogP contribution in [0.5, 0.6) is 0 Å². The molecular weight excluding hydrogens is 308 g/mol. The maximum Gasteiger partial charge on any atom is 0.250 e. The van der Waals surface area contributed by atoms with Crippen molar-refractivity contribution < 1.29 is 9.53 Å². The van der Waals surface area contributed by atoms with Crippen LogP contribution in [0.1, 0.15) is 12.8 Å². The van der Waals surface area contributed by atoms with Gasteiger partial charge in [0.25, 0.3) is 0 Å². The molecule has 0 aromatic heterocycles.